The first-order chi connectivity index (χ1) is 16.4. The van der Waals surface area contributed by atoms with Gasteiger partial charge in [-0.3, -0.25) is 14.4 Å². The number of hydrogen-bond donors (Lipinski definition) is 1. The highest BCUT2D eigenvalue weighted by atomic mass is 32.2. The normalized spacial score (nSPS) is 18.2. The molecule has 176 valence electrons. The molecule has 3 heterocycles. The smallest absolute Gasteiger partial charge is 0.265 e. The number of rotatable bonds is 6. The number of ether oxygens (including phenoxy) is 1. The van der Waals surface area contributed by atoms with Gasteiger partial charge in [0.25, 0.3) is 11.5 Å². The third kappa shape index (κ3) is 4.07. The standard InChI is InChI=1S/C25H25N3O4S2/c1-4-9-28-17-11-15(6-8-18(17)32-12-20(28)29)22(30)14(3)33-25-26-23(31)21-16-7-5-13(2)10-19(16)34-24(21)27-25/h4,6,8,11,13-14H,1,5,7,9-10,12H2,2-3H3,(H,26,27,31). The number of nitrogens with zero attached hydrogens (tertiary/aromatic N) is 2. The lowest BCUT2D eigenvalue weighted by molar-refractivity contribution is -0.121. The summed E-state index contributed by atoms with van der Waals surface area (Å²) in [5.41, 5.74) is 2.03. The molecule has 2 unspecified atom stereocenters. The molecule has 0 bridgehead atoms. The fourth-order valence-corrected chi connectivity index (χ4v) is 6.84. The van der Waals surface area contributed by atoms with Crippen LogP contribution in [0.2, 0.25) is 0 Å². The van der Waals surface area contributed by atoms with Gasteiger partial charge in [-0.2, -0.15) is 0 Å². The number of anilines is 1. The predicted octanol–water partition coefficient (Wildman–Crippen LogP) is 4.38. The Morgan fingerprint density at radius 1 is 1.44 bits per heavy atom. The summed E-state index contributed by atoms with van der Waals surface area (Å²) in [5.74, 6) is 0.880. The molecule has 0 radical (unpaired) electrons. The molecule has 1 amide bonds. The zero-order valence-electron chi connectivity index (χ0n) is 19.1. The number of aromatic amines is 1. The number of thiophene rings is 1. The van der Waals surface area contributed by atoms with Crippen molar-refractivity contribution in [2.75, 3.05) is 18.1 Å². The molecule has 0 fully saturated rings. The first kappa shape index (κ1) is 22.9. The Bertz CT molecular complexity index is 1380. The number of Topliss-reactive ketones (excluding diaryl/α,β-unsaturated/α-hetero) is 1. The summed E-state index contributed by atoms with van der Waals surface area (Å²) >= 11 is 2.83. The van der Waals surface area contributed by atoms with E-state index in [0.717, 1.165) is 29.7 Å². The van der Waals surface area contributed by atoms with Crippen molar-refractivity contribution in [3.8, 4) is 5.75 Å². The number of ketones is 1. The van der Waals surface area contributed by atoms with E-state index in [1.54, 1.807) is 47.4 Å². The summed E-state index contributed by atoms with van der Waals surface area (Å²) in [4.78, 5) is 49.5. The minimum atomic E-state index is -0.485. The molecule has 5 rings (SSSR count). The van der Waals surface area contributed by atoms with Crippen LogP contribution in [-0.2, 0) is 17.6 Å². The Labute approximate surface area is 205 Å². The van der Waals surface area contributed by atoms with Crippen molar-refractivity contribution in [2.24, 2.45) is 5.92 Å². The van der Waals surface area contributed by atoms with Crippen LogP contribution in [0, 0.1) is 5.92 Å². The third-order valence-corrected chi connectivity index (χ3v) is 8.43. The second-order valence-corrected chi connectivity index (χ2v) is 11.2. The lowest BCUT2D eigenvalue weighted by Crippen LogP contribution is -2.39. The molecule has 7 nitrogen and oxygen atoms in total. The van der Waals surface area contributed by atoms with Crippen LogP contribution in [0.15, 0.2) is 40.8 Å². The summed E-state index contributed by atoms with van der Waals surface area (Å²) in [5, 5.41) is 0.660. The molecule has 1 aromatic carbocycles. The van der Waals surface area contributed by atoms with E-state index in [-0.39, 0.29) is 23.9 Å². The van der Waals surface area contributed by atoms with Crippen molar-refractivity contribution in [2.45, 2.75) is 43.5 Å². The average molecular weight is 496 g/mol. The molecule has 3 aromatic rings. The first-order valence-corrected chi connectivity index (χ1v) is 13.0. The van der Waals surface area contributed by atoms with E-state index in [1.165, 1.54) is 16.6 Å². The molecule has 34 heavy (non-hydrogen) atoms. The van der Waals surface area contributed by atoms with E-state index < -0.39 is 5.25 Å². The van der Waals surface area contributed by atoms with E-state index in [4.69, 9.17) is 4.74 Å². The Morgan fingerprint density at radius 3 is 3.06 bits per heavy atom. The van der Waals surface area contributed by atoms with Crippen molar-refractivity contribution >= 4 is 50.7 Å². The number of aryl methyl sites for hydroxylation is 1. The SMILES string of the molecule is C=CCN1C(=O)COc2ccc(C(=O)C(C)Sc3nc4sc5c(c4c(=O)[nH]3)CCC(C)C5)cc21. The highest BCUT2D eigenvalue weighted by Gasteiger charge is 2.28. The number of benzene rings is 1. The van der Waals surface area contributed by atoms with Crippen LogP contribution in [0.3, 0.4) is 0 Å². The molecule has 1 N–H and O–H groups in total. The quantitative estimate of drug-likeness (QED) is 0.236. The zero-order valence-corrected chi connectivity index (χ0v) is 20.7. The van der Waals surface area contributed by atoms with E-state index >= 15 is 0 Å². The summed E-state index contributed by atoms with van der Waals surface area (Å²) in [6.07, 6.45) is 4.62. The molecular weight excluding hydrogens is 470 g/mol. The van der Waals surface area contributed by atoms with Crippen molar-refractivity contribution in [1.82, 2.24) is 9.97 Å². The fourth-order valence-electron chi connectivity index (χ4n) is 4.53. The van der Waals surface area contributed by atoms with Crippen LogP contribution < -0.4 is 15.2 Å². The predicted molar refractivity (Wildman–Crippen MR) is 136 cm³/mol. The van der Waals surface area contributed by atoms with Crippen LogP contribution in [-0.4, -0.2) is 40.1 Å². The Kier molecular flexibility index (Phi) is 6.07. The van der Waals surface area contributed by atoms with Crippen LogP contribution >= 0.6 is 23.1 Å². The summed E-state index contributed by atoms with van der Waals surface area (Å²) in [6.45, 7) is 8.04. The van der Waals surface area contributed by atoms with Crippen LogP contribution in [0.4, 0.5) is 5.69 Å². The van der Waals surface area contributed by atoms with E-state index in [1.807, 2.05) is 0 Å². The second-order valence-electron chi connectivity index (χ2n) is 8.79. The number of thioether (sulfide) groups is 1. The number of carbonyl (C=O) groups excluding carboxylic acids is 2. The van der Waals surface area contributed by atoms with Gasteiger partial charge in [0.1, 0.15) is 10.6 Å². The summed E-state index contributed by atoms with van der Waals surface area (Å²) in [6, 6.07) is 5.10. The lowest BCUT2D eigenvalue weighted by Gasteiger charge is -2.29. The lowest BCUT2D eigenvalue weighted by atomic mass is 9.89. The third-order valence-electron chi connectivity index (χ3n) is 6.30. The first-order valence-electron chi connectivity index (χ1n) is 11.3. The molecule has 2 aliphatic rings. The van der Waals surface area contributed by atoms with Gasteiger partial charge in [0.2, 0.25) is 0 Å². The minimum Gasteiger partial charge on any atom is -0.482 e. The van der Waals surface area contributed by atoms with Gasteiger partial charge in [-0.05, 0) is 55.9 Å². The van der Waals surface area contributed by atoms with Gasteiger partial charge in [0.15, 0.2) is 17.5 Å². The number of amides is 1. The molecular formula is C25H25N3O4S2. The zero-order chi connectivity index (χ0) is 24.0. The molecule has 1 aliphatic carbocycles. The minimum absolute atomic E-state index is 0.0348. The van der Waals surface area contributed by atoms with E-state index in [9.17, 15) is 14.4 Å². The summed E-state index contributed by atoms with van der Waals surface area (Å²) < 4.78 is 5.51. The average Bonchev–Trinajstić information content (AvgIpc) is 3.17. The van der Waals surface area contributed by atoms with E-state index in [0.29, 0.717) is 40.0 Å². The van der Waals surface area contributed by atoms with Gasteiger partial charge in [-0.25, -0.2) is 4.98 Å². The number of H-pyrrole nitrogens is 1. The van der Waals surface area contributed by atoms with Crippen molar-refractivity contribution in [1.29, 1.82) is 0 Å². The van der Waals surface area contributed by atoms with Gasteiger partial charge in [-0.1, -0.05) is 24.8 Å². The molecule has 0 saturated carbocycles. The summed E-state index contributed by atoms with van der Waals surface area (Å²) in [7, 11) is 0. The Morgan fingerprint density at radius 2 is 2.26 bits per heavy atom. The van der Waals surface area contributed by atoms with Gasteiger partial charge in [0.05, 0.1) is 16.3 Å². The number of nitrogens with one attached hydrogen (secondary N) is 1. The number of aromatic nitrogens is 2. The van der Waals surface area contributed by atoms with Crippen LogP contribution in [0.5, 0.6) is 5.75 Å². The molecule has 2 atom stereocenters. The van der Waals surface area contributed by atoms with Crippen molar-refractivity contribution < 1.29 is 14.3 Å². The Hall–Kier alpha value is -2.91. The monoisotopic (exact) mass is 495 g/mol. The van der Waals surface area contributed by atoms with Gasteiger partial charge < -0.3 is 14.6 Å². The Balaban J connectivity index is 1.40. The molecule has 0 spiro atoms. The topological polar surface area (TPSA) is 92.4 Å². The number of carbonyl (C=O) groups is 2. The second kappa shape index (κ2) is 9.03. The molecule has 0 saturated heterocycles. The maximum Gasteiger partial charge on any atom is 0.265 e. The van der Waals surface area contributed by atoms with Gasteiger partial charge in [0, 0.05) is 17.0 Å². The number of hydrogen-bond acceptors (Lipinski definition) is 7. The largest absolute Gasteiger partial charge is 0.482 e. The van der Waals surface area contributed by atoms with Crippen molar-refractivity contribution in [3.63, 3.8) is 0 Å². The van der Waals surface area contributed by atoms with Gasteiger partial charge in [-0.15, -0.1) is 17.9 Å². The highest BCUT2D eigenvalue weighted by molar-refractivity contribution is 8.00. The number of fused-ring (bicyclic) bond motifs is 4. The van der Waals surface area contributed by atoms with E-state index in [2.05, 4.69) is 23.5 Å². The molecule has 1 aliphatic heterocycles. The van der Waals surface area contributed by atoms with Crippen LogP contribution in [0.25, 0.3) is 10.2 Å². The molecule has 2 aromatic heterocycles. The van der Waals surface area contributed by atoms with Gasteiger partial charge >= 0.3 is 0 Å². The van der Waals surface area contributed by atoms with Crippen molar-refractivity contribution in [3.05, 3.63) is 57.2 Å². The van der Waals surface area contributed by atoms with Crippen LogP contribution in [0.1, 0.15) is 41.1 Å². The highest BCUT2D eigenvalue weighted by Crippen LogP contribution is 2.37. The molecule has 9 heteroatoms. The fraction of sp³-hybridized carbons (Fsp3) is 0.360. The maximum absolute atomic E-state index is 13.2. The maximum atomic E-state index is 13.2.